The van der Waals surface area contributed by atoms with E-state index in [0.717, 1.165) is 31.5 Å². The van der Waals surface area contributed by atoms with Crippen LogP contribution in [0.15, 0.2) is 24.3 Å². The average Bonchev–Trinajstić information content (AvgIpc) is 2.38. The molecule has 0 atom stereocenters. The third kappa shape index (κ3) is 3.88. The molecule has 0 N–H and O–H groups in total. The Labute approximate surface area is 105 Å². The molecular weight excluding hydrogens is 210 g/mol. The van der Waals surface area contributed by atoms with Crippen LogP contribution in [0.5, 0.6) is 0 Å². The van der Waals surface area contributed by atoms with Crippen molar-refractivity contribution in [2.24, 2.45) is 0 Å². The molecule has 0 aliphatic heterocycles. The van der Waals surface area contributed by atoms with Crippen molar-refractivity contribution in [3.05, 3.63) is 29.8 Å². The Kier molecular flexibility index (Phi) is 5.75. The van der Waals surface area contributed by atoms with Crippen molar-refractivity contribution in [1.82, 2.24) is 0 Å². The van der Waals surface area contributed by atoms with Crippen molar-refractivity contribution >= 4 is 11.5 Å². The van der Waals surface area contributed by atoms with Crippen molar-refractivity contribution in [1.29, 1.82) is 0 Å². The van der Waals surface area contributed by atoms with Gasteiger partial charge < -0.3 is 4.90 Å². The van der Waals surface area contributed by atoms with E-state index in [0.29, 0.717) is 6.42 Å². The van der Waals surface area contributed by atoms with E-state index in [1.807, 2.05) is 19.1 Å². The summed E-state index contributed by atoms with van der Waals surface area (Å²) in [5.74, 6) is 0.217. The summed E-state index contributed by atoms with van der Waals surface area (Å²) in [6.45, 7) is 8.44. The molecule has 0 bridgehead atoms. The number of benzene rings is 1. The molecule has 0 aliphatic rings. The fourth-order valence-electron chi connectivity index (χ4n) is 1.97. The molecule has 0 spiro atoms. The Balaban J connectivity index is 2.80. The SMILES string of the molecule is CCCN(CCC)c1ccc(C(=O)CC)cc1. The Morgan fingerprint density at radius 3 is 1.94 bits per heavy atom. The van der Waals surface area contributed by atoms with E-state index in [1.165, 1.54) is 5.69 Å². The van der Waals surface area contributed by atoms with Gasteiger partial charge in [-0.1, -0.05) is 20.8 Å². The van der Waals surface area contributed by atoms with Gasteiger partial charge in [0.1, 0.15) is 0 Å². The molecule has 0 aromatic heterocycles. The molecule has 1 aromatic rings. The van der Waals surface area contributed by atoms with Crippen molar-refractivity contribution in [2.75, 3.05) is 18.0 Å². The van der Waals surface area contributed by atoms with Crippen molar-refractivity contribution in [3.8, 4) is 0 Å². The number of carbonyl (C=O) groups is 1. The van der Waals surface area contributed by atoms with Crippen LogP contribution in [0.2, 0.25) is 0 Å². The van der Waals surface area contributed by atoms with Gasteiger partial charge >= 0.3 is 0 Å². The number of nitrogens with zero attached hydrogens (tertiary/aromatic N) is 1. The molecule has 0 aliphatic carbocycles. The van der Waals surface area contributed by atoms with E-state index < -0.39 is 0 Å². The van der Waals surface area contributed by atoms with Crippen LogP contribution in [0, 0.1) is 0 Å². The van der Waals surface area contributed by atoms with Gasteiger partial charge in [0.25, 0.3) is 0 Å². The molecule has 2 heteroatoms. The topological polar surface area (TPSA) is 20.3 Å². The Morgan fingerprint density at radius 2 is 1.53 bits per heavy atom. The van der Waals surface area contributed by atoms with E-state index in [1.54, 1.807) is 0 Å². The number of anilines is 1. The maximum absolute atomic E-state index is 11.5. The smallest absolute Gasteiger partial charge is 0.162 e. The predicted octanol–water partition coefficient (Wildman–Crippen LogP) is 3.91. The molecule has 0 amide bonds. The van der Waals surface area contributed by atoms with Crippen LogP contribution >= 0.6 is 0 Å². The molecular formula is C15H23NO. The maximum Gasteiger partial charge on any atom is 0.162 e. The van der Waals surface area contributed by atoms with Gasteiger partial charge in [0.15, 0.2) is 5.78 Å². The summed E-state index contributed by atoms with van der Waals surface area (Å²) in [6.07, 6.45) is 2.87. The summed E-state index contributed by atoms with van der Waals surface area (Å²) in [5, 5.41) is 0. The van der Waals surface area contributed by atoms with Gasteiger partial charge in [0.05, 0.1) is 0 Å². The minimum atomic E-state index is 0.217. The first kappa shape index (κ1) is 13.8. The van der Waals surface area contributed by atoms with E-state index >= 15 is 0 Å². The number of ketones is 1. The summed E-state index contributed by atoms with van der Waals surface area (Å²) in [4.78, 5) is 13.9. The van der Waals surface area contributed by atoms with E-state index in [4.69, 9.17) is 0 Å². The Morgan fingerprint density at radius 1 is 1.00 bits per heavy atom. The molecule has 0 saturated carbocycles. The Bertz CT molecular complexity index is 336. The first-order valence-corrected chi connectivity index (χ1v) is 6.61. The summed E-state index contributed by atoms with van der Waals surface area (Å²) in [7, 11) is 0. The van der Waals surface area contributed by atoms with Crippen LogP contribution in [0.3, 0.4) is 0 Å². The number of hydrogen-bond acceptors (Lipinski definition) is 2. The number of rotatable bonds is 7. The van der Waals surface area contributed by atoms with Gasteiger partial charge in [-0.05, 0) is 37.1 Å². The van der Waals surface area contributed by atoms with E-state index in [2.05, 4.69) is 30.9 Å². The zero-order valence-electron chi connectivity index (χ0n) is 11.2. The average molecular weight is 233 g/mol. The zero-order chi connectivity index (χ0) is 12.7. The second-order valence-corrected chi connectivity index (χ2v) is 4.31. The molecule has 94 valence electrons. The molecule has 17 heavy (non-hydrogen) atoms. The third-order valence-electron chi connectivity index (χ3n) is 2.86. The summed E-state index contributed by atoms with van der Waals surface area (Å²) >= 11 is 0. The van der Waals surface area contributed by atoms with Gasteiger partial charge in [0, 0.05) is 30.8 Å². The lowest BCUT2D eigenvalue weighted by molar-refractivity contribution is 0.0988. The van der Waals surface area contributed by atoms with Crippen LogP contribution in [0.4, 0.5) is 5.69 Å². The van der Waals surface area contributed by atoms with E-state index in [-0.39, 0.29) is 5.78 Å². The molecule has 0 radical (unpaired) electrons. The highest BCUT2D eigenvalue weighted by molar-refractivity contribution is 5.96. The Hall–Kier alpha value is -1.31. The van der Waals surface area contributed by atoms with Crippen molar-refractivity contribution < 1.29 is 4.79 Å². The zero-order valence-corrected chi connectivity index (χ0v) is 11.2. The highest BCUT2D eigenvalue weighted by Crippen LogP contribution is 2.17. The standard InChI is InChI=1S/C15H23NO/c1-4-11-16(12-5-2)14-9-7-13(8-10-14)15(17)6-3/h7-10H,4-6,11-12H2,1-3H3. The van der Waals surface area contributed by atoms with Crippen LogP contribution < -0.4 is 4.90 Å². The highest BCUT2D eigenvalue weighted by Gasteiger charge is 2.06. The van der Waals surface area contributed by atoms with Gasteiger partial charge in [-0.25, -0.2) is 0 Å². The quantitative estimate of drug-likeness (QED) is 0.666. The first-order valence-electron chi connectivity index (χ1n) is 6.61. The van der Waals surface area contributed by atoms with Crippen LogP contribution in [-0.2, 0) is 0 Å². The third-order valence-corrected chi connectivity index (χ3v) is 2.86. The van der Waals surface area contributed by atoms with E-state index in [9.17, 15) is 4.79 Å². The number of hydrogen-bond donors (Lipinski definition) is 0. The first-order chi connectivity index (χ1) is 8.22. The minimum absolute atomic E-state index is 0.217. The van der Waals surface area contributed by atoms with Crippen molar-refractivity contribution in [3.63, 3.8) is 0 Å². The lowest BCUT2D eigenvalue weighted by Crippen LogP contribution is -2.24. The van der Waals surface area contributed by atoms with Crippen LogP contribution in [0.1, 0.15) is 50.4 Å². The fourth-order valence-corrected chi connectivity index (χ4v) is 1.97. The normalized spacial score (nSPS) is 10.3. The van der Waals surface area contributed by atoms with Crippen LogP contribution in [-0.4, -0.2) is 18.9 Å². The largest absolute Gasteiger partial charge is 0.372 e. The molecule has 0 unspecified atom stereocenters. The van der Waals surface area contributed by atoms with Gasteiger partial charge in [-0.2, -0.15) is 0 Å². The van der Waals surface area contributed by atoms with Crippen molar-refractivity contribution in [2.45, 2.75) is 40.0 Å². The summed E-state index contributed by atoms with van der Waals surface area (Å²) in [6, 6.07) is 8.02. The number of Topliss-reactive ketones (excluding diaryl/α,β-unsaturated/α-hetero) is 1. The highest BCUT2D eigenvalue weighted by atomic mass is 16.1. The predicted molar refractivity (Wildman–Crippen MR) is 73.9 cm³/mol. The van der Waals surface area contributed by atoms with Gasteiger partial charge in [0.2, 0.25) is 0 Å². The van der Waals surface area contributed by atoms with Gasteiger partial charge in [-0.3, -0.25) is 4.79 Å². The number of carbonyl (C=O) groups excluding carboxylic acids is 1. The summed E-state index contributed by atoms with van der Waals surface area (Å²) in [5.41, 5.74) is 2.05. The molecule has 0 heterocycles. The lowest BCUT2D eigenvalue weighted by atomic mass is 10.1. The van der Waals surface area contributed by atoms with Gasteiger partial charge in [-0.15, -0.1) is 0 Å². The monoisotopic (exact) mass is 233 g/mol. The minimum Gasteiger partial charge on any atom is -0.372 e. The second-order valence-electron chi connectivity index (χ2n) is 4.31. The molecule has 0 fully saturated rings. The lowest BCUT2D eigenvalue weighted by Gasteiger charge is -2.23. The van der Waals surface area contributed by atoms with Crippen LogP contribution in [0.25, 0.3) is 0 Å². The fraction of sp³-hybridized carbons (Fsp3) is 0.533. The molecule has 1 rings (SSSR count). The molecule has 1 aromatic carbocycles. The maximum atomic E-state index is 11.5. The second kappa shape index (κ2) is 7.10. The molecule has 2 nitrogen and oxygen atoms in total. The summed E-state index contributed by atoms with van der Waals surface area (Å²) < 4.78 is 0. The molecule has 0 saturated heterocycles.